The highest BCUT2D eigenvalue weighted by molar-refractivity contribution is 6.31. The van der Waals surface area contributed by atoms with Crippen LogP contribution in [0.5, 0.6) is 5.75 Å². The van der Waals surface area contributed by atoms with Gasteiger partial charge in [-0.25, -0.2) is 0 Å². The molecule has 4 rings (SSSR count). The number of ether oxygens (including phenoxy) is 1. The Balaban J connectivity index is 1.66. The van der Waals surface area contributed by atoms with Crippen LogP contribution in [-0.2, 0) is 4.79 Å². The zero-order valence-corrected chi connectivity index (χ0v) is 17.6. The molecular weight excluding hydrogens is 402 g/mol. The molecule has 0 radical (unpaired) electrons. The summed E-state index contributed by atoms with van der Waals surface area (Å²) in [5, 5.41) is 3.75. The molecule has 1 heterocycles. The van der Waals surface area contributed by atoms with Crippen LogP contribution >= 0.6 is 11.6 Å². The molecular formula is C24H24ClNO4. The van der Waals surface area contributed by atoms with Crippen molar-refractivity contribution in [2.24, 2.45) is 0 Å². The summed E-state index contributed by atoms with van der Waals surface area (Å²) >= 11 is 6.07. The maximum atomic E-state index is 13.2. The fourth-order valence-corrected chi connectivity index (χ4v) is 4.00. The Morgan fingerprint density at radius 1 is 1.13 bits per heavy atom. The molecule has 1 amide bonds. The van der Waals surface area contributed by atoms with Crippen molar-refractivity contribution in [2.75, 3.05) is 6.61 Å². The Hall–Kier alpha value is -2.79. The lowest BCUT2D eigenvalue weighted by Gasteiger charge is -2.22. The molecule has 156 valence electrons. The largest absolute Gasteiger partial charge is 0.476 e. The monoisotopic (exact) mass is 425 g/mol. The lowest BCUT2D eigenvalue weighted by Crippen LogP contribution is -2.39. The van der Waals surface area contributed by atoms with Crippen LogP contribution in [0.3, 0.4) is 0 Å². The molecule has 1 N–H and O–H groups in total. The summed E-state index contributed by atoms with van der Waals surface area (Å²) in [6, 6.07) is 12.7. The van der Waals surface area contributed by atoms with Gasteiger partial charge in [0.05, 0.1) is 5.39 Å². The van der Waals surface area contributed by atoms with Crippen molar-refractivity contribution >= 4 is 28.5 Å². The van der Waals surface area contributed by atoms with Gasteiger partial charge in [-0.1, -0.05) is 60.7 Å². The number of amides is 1. The molecule has 1 aliphatic rings. The van der Waals surface area contributed by atoms with Gasteiger partial charge in [-0.3, -0.25) is 9.59 Å². The van der Waals surface area contributed by atoms with Crippen LogP contribution in [0.1, 0.15) is 37.7 Å². The highest BCUT2D eigenvalue weighted by Crippen LogP contribution is 2.32. The van der Waals surface area contributed by atoms with E-state index in [0.29, 0.717) is 27.3 Å². The van der Waals surface area contributed by atoms with Crippen LogP contribution in [0.4, 0.5) is 0 Å². The van der Waals surface area contributed by atoms with E-state index in [1.54, 1.807) is 18.2 Å². The van der Waals surface area contributed by atoms with Gasteiger partial charge in [0.15, 0.2) is 12.4 Å². The summed E-state index contributed by atoms with van der Waals surface area (Å²) in [6.07, 6.45) is 5.42. The Morgan fingerprint density at radius 2 is 1.87 bits per heavy atom. The van der Waals surface area contributed by atoms with Crippen molar-refractivity contribution in [3.63, 3.8) is 0 Å². The Kier molecular flexibility index (Phi) is 6.09. The predicted octanol–water partition coefficient (Wildman–Crippen LogP) is 5.25. The van der Waals surface area contributed by atoms with Gasteiger partial charge in [0, 0.05) is 16.6 Å². The van der Waals surface area contributed by atoms with E-state index in [4.69, 9.17) is 20.8 Å². The maximum Gasteiger partial charge on any atom is 0.258 e. The molecule has 1 saturated carbocycles. The second-order valence-corrected chi connectivity index (χ2v) is 8.22. The lowest BCUT2D eigenvalue weighted by atomic mass is 9.95. The molecule has 0 bridgehead atoms. The number of nitrogens with one attached hydrogen (secondary N) is 1. The van der Waals surface area contributed by atoms with E-state index in [1.807, 2.05) is 31.2 Å². The van der Waals surface area contributed by atoms with Gasteiger partial charge in [0.2, 0.25) is 11.2 Å². The van der Waals surface area contributed by atoms with Crippen molar-refractivity contribution in [1.82, 2.24) is 5.32 Å². The minimum atomic E-state index is -0.347. The van der Waals surface area contributed by atoms with Crippen LogP contribution in [-0.4, -0.2) is 18.6 Å². The standard InChI is InChI=1S/C24H24ClNO4/c1-15-7-9-16(10-8-15)23-24(22(28)19-13-17(25)11-12-20(19)30-23)29-14-21(27)26-18-5-3-2-4-6-18/h7-13,18H,2-6,14H2,1H3,(H,26,27). The average Bonchev–Trinajstić information content (AvgIpc) is 2.75. The SMILES string of the molecule is Cc1ccc(-c2oc3ccc(Cl)cc3c(=O)c2OCC(=O)NC2CCCCC2)cc1. The molecule has 1 fully saturated rings. The first kappa shape index (κ1) is 20.5. The molecule has 1 aliphatic carbocycles. The van der Waals surface area contributed by atoms with E-state index in [0.717, 1.165) is 31.2 Å². The molecule has 2 aromatic carbocycles. The predicted molar refractivity (Wildman–Crippen MR) is 118 cm³/mol. The highest BCUT2D eigenvalue weighted by atomic mass is 35.5. The fraction of sp³-hybridized carbons (Fsp3) is 0.333. The van der Waals surface area contributed by atoms with Crippen molar-refractivity contribution in [3.05, 3.63) is 63.3 Å². The first-order chi connectivity index (χ1) is 14.5. The summed E-state index contributed by atoms with van der Waals surface area (Å²) in [5.41, 5.74) is 1.86. The van der Waals surface area contributed by atoms with E-state index in [2.05, 4.69) is 5.32 Å². The van der Waals surface area contributed by atoms with Gasteiger partial charge in [0.25, 0.3) is 5.91 Å². The first-order valence-electron chi connectivity index (χ1n) is 10.3. The molecule has 1 aromatic heterocycles. The number of carbonyl (C=O) groups excluding carboxylic acids is 1. The number of carbonyl (C=O) groups is 1. The Morgan fingerprint density at radius 3 is 2.60 bits per heavy atom. The smallest absolute Gasteiger partial charge is 0.258 e. The Bertz CT molecular complexity index is 1110. The molecule has 0 spiro atoms. The summed E-state index contributed by atoms with van der Waals surface area (Å²) < 4.78 is 11.8. The quantitative estimate of drug-likeness (QED) is 0.606. The van der Waals surface area contributed by atoms with E-state index < -0.39 is 0 Å². The zero-order chi connectivity index (χ0) is 21.1. The van der Waals surface area contributed by atoms with Crippen molar-refractivity contribution in [2.45, 2.75) is 45.1 Å². The summed E-state index contributed by atoms with van der Waals surface area (Å²) in [6.45, 7) is 1.74. The molecule has 5 nitrogen and oxygen atoms in total. The summed E-state index contributed by atoms with van der Waals surface area (Å²) in [5.74, 6) is 0.0926. The number of hydrogen-bond acceptors (Lipinski definition) is 4. The van der Waals surface area contributed by atoms with Crippen LogP contribution in [0.15, 0.2) is 51.7 Å². The van der Waals surface area contributed by atoms with E-state index >= 15 is 0 Å². The van der Waals surface area contributed by atoms with Gasteiger partial charge in [-0.2, -0.15) is 0 Å². The normalized spacial score (nSPS) is 14.6. The van der Waals surface area contributed by atoms with E-state index in [1.165, 1.54) is 6.42 Å². The lowest BCUT2D eigenvalue weighted by molar-refractivity contribution is -0.124. The van der Waals surface area contributed by atoms with E-state index in [-0.39, 0.29) is 29.7 Å². The number of halogens is 1. The van der Waals surface area contributed by atoms with Crippen molar-refractivity contribution in [3.8, 4) is 17.1 Å². The molecule has 0 atom stereocenters. The molecule has 0 saturated heterocycles. The third kappa shape index (κ3) is 4.51. The third-order valence-corrected chi connectivity index (χ3v) is 5.68. The summed E-state index contributed by atoms with van der Waals surface area (Å²) in [4.78, 5) is 25.6. The fourth-order valence-electron chi connectivity index (χ4n) is 3.83. The molecule has 30 heavy (non-hydrogen) atoms. The number of rotatable bonds is 5. The average molecular weight is 426 g/mol. The third-order valence-electron chi connectivity index (χ3n) is 5.44. The first-order valence-corrected chi connectivity index (χ1v) is 10.6. The second kappa shape index (κ2) is 8.92. The van der Waals surface area contributed by atoms with Gasteiger partial charge < -0.3 is 14.5 Å². The zero-order valence-electron chi connectivity index (χ0n) is 16.9. The van der Waals surface area contributed by atoms with Crippen molar-refractivity contribution < 1.29 is 13.9 Å². The highest BCUT2D eigenvalue weighted by Gasteiger charge is 2.20. The van der Waals surface area contributed by atoms with Crippen LogP contribution < -0.4 is 15.5 Å². The minimum Gasteiger partial charge on any atom is -0.476 e. The number of aryl methyl sites for hydroxylation is 1. The molecule has 6 heteroatoms. The number of fused-ring (bicyclic) bond motifs is 1. The van der Waals surface area contributed by atoms with Crippen LogP contribution in [0, 0.1) is 6.92 Å². The number of hydrogen-bond donors (Lipinski definition) is 1. The molecule has 0 unspecified atom stereocenters. The minimum absolute atomic E-state index is 0.0208. The van der Waals surface area contributed by atoms with Gasteiger partial charge in [0.1, 0.15) is 5.58 Å². The van der Waals surface area contributed by atoms with Crippen molar-refractivity contribution in [1.29, 1.82) is 0 Å². The van der Waals surface area contributed by atoms with Crippen LogP contribution in [0.25, 0.3) is 22.3 Å². The van der Waals surface area contributed by atoms with Gasteiger partial charge in [-0.05, 0) is 38.0 Å². The topological polar surface area (TPSA) is 68.5 Å². The molecule has 3 aromatic rings. The maximum absolute atomic E-state index is 13.2. The second-order valence-electron chi connectivity index (χ2n) is 7.79. The van der Waals surface area contributed by atoms with Gasteiger partial charge >= 0.3 is 0 Å². The number of benzene rings is 2. The van der Waals surface area contributed by atoms with Crippen LogP contribution in [0.2, 0.25) is 5.02 Å². The Labute approximate surface area is 180 Å². The molecule has 0 aliphatic heterocycles. The van der Waals surface area contributed by atoms with E-state index in [9.17, 15) is 9.59 Å². The van der Waals surface area contributed by atoms with Gasteiger partial charge in [-0.15, -0.1) is 0 Å². The summed E-state index contributed by atoms with van der Waals surface area (Å²) in [7, 11) is 0.